The first-order valence-corrected chi connectivity index (χ1v) is 6.96. The van der Waals surface area contributed by atoms with Crippen molar-refractivity contribution in [1.82, 2.24) is 4.72 Å². The molecule has 0 fully saturated rings. The Morgan fingerprint density at radius 3 is 2.79 bits per heavy atom. The van der Waals surface area contributed by atoms with Crippen molar-refractivity contribution in [3.05, 3.63) is 47.7 Å². The Labute approximate surface area is 110 Å². The van der Waals surface area contributed by atoms with Crippen molar-refractivity contribution in [3.63, 3.8) is 0 Å². The van der Waals surface area contributed by atoms with Crippen LogP contribution in [0.1, 0.15) is 11.3 Å². The Hall–Kier alpha value is -1.86. The van der Waals surface area contributed by atoms with Gasteiger partial charge in [-0.25, -0.2) is 17.5 Å². The van der Waals surface area contributed by atoms with Gasteiger partial charge in [0, 0.05) is 5.69 Å². The topological polar surface area (TPSA) is 85.3 Å². The van der Waals surface area contributed by atoms with Crippen molar-refractivity contribution in [2.24, 2.45) is 0 Å². The third-order valence-electron chi connectivity index (χ3n) is 2.63. The Bertz CT molecular complexity index is 681. The number of sulfonamides is 1. The zero-order valence-corrected chi connectivity index (χ0v) is 11.0. The van der Waals surface area contributed by atoms with E-state index in [1.54, 1.807) is 19.1 Å². The fraction of sp³-hybridized carbons (Fsp3) is 0.167. The van der Waals surface area contributed by atoms with Gasteiger partial charge in [0.15, 0.2) is 0 Å². The molecule has 5 nitrogen and oxygen atoms in total. The van der Waals surface area contributed by atoms with E-state index in [1.807, 2.05) is 0 Å². The van der Waals surface area contributed by atoms with Gasteiger partial charge in [0.05, 0.1) is 12.8 Å². The van der Waals surface area contributed by atoms with E-state index in [0.717, 1.165) is 12.1 Å². The predicted molar refractivity (Wildman–Crippen MR) is 68.3 cm³/mol. The van der Waals surface area contributed by atoms with Crippen LogP contribution in [0.2, 0.25) is 0 Å². The van der Waals surface area contributed by atoms with E-state index < -0.39 is 20.7 Å². The van der Waals surface area contributed by atoms with E-state index in [0.29, 0.717) is 11.3 Å². The summed E-state index contributed by atoms with van der Waals surface area (Å²) in [6.45, 7) is 1.55. The van der Waals surface area contributed by atoms with Gasteiger partial charge in [-0.3, -0.25) is 0 Å². The van der Waals surface area contributed by atoms with Gasteiger partial charge in [-0.1, -0.05) is 0 Å². The molecule has 3 N–H and O–H groups in total. The summed E-state index contributed by atoms with van der Waals surface area (Å²) in [4.78, 5) is -0.470. The lowest BCUT2D eigenvalue weighted by Gasteiger charge is -2.09. The number of nitrogen functional groups attached to an aromatic ring is 1. The van der Waals surface area contributed by atoms with Gasteiger partial charge < -0.3 is 10.2 Å². The monoisotopic (exact) mass is 284 g/mol. The second-order valence-electron chi connectivity index (χ2n) is 4.04. The first kappa shape index (κ1) is 13.6. The molecule has 0 aliphatic carbocycles. The molecule has 0 spiro atoms. The molecule has 0 atom stereocenters. The number of halogens is 1. The number of hydrogen-bond donors (Lipinski definition) is 2. The van der Waals surface area contributed by atoms with Crippen LogP contribution in [0.15, 0.2) is 39.8 Å². The first-order chi connectivity index (χ1) is 8.90. The van der Waals surface area contributed by atoms with Crippen molar-refractivity contribution in [2.75, 3.05) is 5.73 Å². The molecule has 0 saturated carbocycles. The maximum Gasteiger partial charge on any atom is 0.243 e. The van der Waals surface area contributed by atoms with Crippen LogP contribution in [0.3, 0.4) is 0 Å². The Morgan fingerprint density at radius 1 is 1.42 bits per heavy atom. The molecule has 0 unspecified atom stereocenters. The molecule has 0 aliphatic rings. The molecule has 19 heavy (non-hydrogen) atoms. The van der Waals surface area contributed by atoms with Gasteiger partial charge in [-0.05, 0) is 36.8 Å². The van der Waals surface area contributed by atoms with Crippen molar-refractivity contribution in [1.29, 1.82) is 0 Å². The van der Waals surface area contributed by atoms with Gasteiger partial charge in [0.25, 0.3) is 0 Å². The van der Waals surface area contributed by atoms with Crippen LogP contribution in [0.5, 0.6) is 0 Å². The molecule has 1 heterocycles. The third-order valence-corrected chi connectivity index (χ3v) is 4.04. The number of nitrogens with two attached hydrogens (primary N) is 1. The minimum Gasteiger partial charge on any atom is -0.468 e. The van der Waals surface area contributed by atoms with E-state index >= 15 is 0 Å². The number of furan rings is 1. The largest absolute Gasteiger partial charge is 0.468 e. The van der Waals surface area contributed by atoms with Crippen LogP contribution < -0.4 is 10.5 Å². The van der Waals surface area contributed by atoms with E-state index in [1.165, 1.54) is 6.26 Å². The third kappa shape index (κ3) is 2.94. The number of benzene rings is 1. The van der Waals surface area contributed by atoms with Gasteiger partial charge in [0.1, 0.15) is 16.5 Å². The van der Waals surface area contributed by atoms with Crippen LogP contribution >= 0.6 is 0 Å². The van der Waals surface area contributed by atoms with Crippen LogP contribution in [-0.4, -0.2) is 8.42 Å². The molecule has 7 heteroatoms. The van der Waals surface area contributed by atoms with Gasteiger partial charge in [-0.2, -0.15) is 0 Å². The Morgan fingerprint density at radius 2 is 2.16 bits per heavy atom. The summed E-state index contributed by atoms with van der Waals surface area (Å²) in [6, 6.07) is 5.45. The van der Waals surface area contributed by atoms with E-state index in [4.69, 9.17) is 10.2 Å². The van der Waals surface area contributed by atoms with E-state index in [-0.39, 0.29) is 12.2 Å². The summed E-state index contributed by atoms with van der Waals surface area (Å²) in [5, 5.41) is 0. The molecule has 2 aromatic rings. The van der Waals surface area contributed by atoms with Crippen molar-refractivity contribution < 1.29 is 17.2 Å². The first-order valence-electron chi connectivity index (χ1n) is 5.48. The highest BCUT2D eigenvalue weighted by molar-refractivity contribution is 7.89. The molecule has 0 saturated heterocycles. The van der Waals surface area contributed by atoms with Gasteiger partial charge in [0.2, 0.25) is 10.0 Å². The predicted octanol–water partition coefficient (Wildman–Crippen LogP) is 1.79. The van der Waals surface area contributed by atoms with Gasteiger partial charge >= 0.3 is 0 Å². The molecule has 0 radical (unpaired) electrons. The van der Waals surface area contributed by atoms with Crippen LogP contribution in [0.4, 0.5) is 10.1 Å². The summed E-state index contributed by atoms with van der Waals surface area (Å²) in [5.74, 6) is -0.400. The normalized spacial score (nSPS) is 11.7. The van der Waals surface area contributed by atoms with Crippen LogP contribution in [0.25, 0.3) is 0 Å². The lowest BCUT2D eigenvalue weighted by Crippen LogP contribution is -2.24. The minimum absolute atomic E-state index is 0.0530. The minimum atomic E-state index is -3.97. The zero-order chi connectivity index (χ0) is 14.0. The quantitative estimate of drug-likeness (QED) is 0.838. The second kappa shape index (κ2) is 5.02. The fourth-order valence-electron chi connectivity index (χ4n) is 1.53. The van der Waals surface area contributed by atoms with Crippen molar-refractivity contribution >= 4 is 15.7 Å². The Kier molecular flexibility index (Phi) is 3.59. The van der Waals surface area contributed by atoms with Crippen molar-refractivity contribution in [2.45, 2.75) is 18.4 Å². The number of aryl methyl sites for hydroxylation is 1. The molecule has 2 rings (SSSR count). The molecule has 0 amide bonds. The van der Waals surface area contributed by atoms with E-state index in [2.05, 4.69) is 4.72 Å². The molecule has 1 aromatic carbocycles. The Balaban J connectivity index is 2.27. The summed E-state index contributed by atoms with van der Waals surface area (Å²) >= 11 is 0. The molecular weight excluding hydrogens is 271 g/mol. The highest BCUT2D eigenvalue weighted by atomic mass is 32.2. The van der Waals surface area contributed by atoms with E-state index in [9.17, 15) is 12.8 Å². The zero-order valence-electron chi connectivity index (χ0n) is 10.2. The summed E-state index contributed by atoms with van der Waals surface area (Å²) < 4.78 is 44.9. The molecule has 1 aromatic heterocycles. The molecule has 0 aliphatic heterocycles. The van der Waals surface area contributed by atoms with Gasteiger partial charge in [-0.15, -0.1) is 0 Å². The lowest BCUT2D eigenvalue weighted by atomic mass is 10.2. The second-order valence-corrected chi connectivity index (χ2v) is 5.78. The summed E-state index contributed by atoms with van der Waals surface area (Å²) in [5.41, 5.74) is 6.31. The number of nitrogens with one attached hydrogen (secondary N) is 1. The SMILES string of the molecule is Cc1cc(F)c(S(=O)(=O)NCc2ccco2)cc1N. The highest BCUT2D eigenvalue weighted by Gasteiger charge is 2.20. The fourth-order valence-corrected chi connectivity index (χ4v) is 2.62. The number of rotatable bonds is 4. The van der Waals surface area contributed by atoms with Crippen LogP contribution in [0, 0.1) is 12.7 Å². The van der Waals surface area contributed by atoms with Crippen LogP contribution in [-0.2, 0) is 16.6 Å². The molecular formula is C12H13FN2O3S. The average Bonchev–Trinajstić information content (AvgIpc) is 2.84. The van der Waals surface area contributed by atoms with Crippen molar-refractivity contribution in [3.8, 4) is 0 Å². The number of anilines is 1. The number of hydrogen-bond acceptors (Lipinski definition) is 4. The lowest BCUT2D eigenvalue weighted by molar-refractivity contribution is 0.497. The summed E-state index contributed by atoms with van der Waals surface area (Å²) in [7, 11) is -3.97. The smallest absolute Gasteiger partial charge is 0.243 e. The standard InChI is InChI=1S/C12H13FN2O3S/c1-8-5-10(13)12(6-11(8)14)19(16,17)15-7-9-3-2-4-18-9/h2-6,15H,7,14H2,1H3. The molecule has 102 valence electrons. The maximum atomic E-state index is 13.7. The average molecular weight is 284 g/mol. The maximum absolute atomic E-state index is 13.7. The molecule has 0 bridgehead atoms. The highest BCUT2D eigenvalue weighted by Crippen LogP contribution is 2.21. The summed E-state index contributed by atoms with van der Waals surface area (Å²) in [6.07, 6.45) is 1.42.